The van der Waals surface area contributed by atoms with E-state index in [1.165, 1.54) is 0 Å². The molecule has 0 aliphatic carbocycles. The van der Waals surface area contributed by atoms with E-state index >= 15 is 0 Å². The van der Waals surface area contributed by atoms with Gasteiger partial charge in [0.25, 0.3) is 5.91 Å². The molecule has 4 heterocycles. The Hall–Kier alpha value is -3.29. The van der Waals surface area contributed by atoms with E-state index in [1.807, 2.05) is 40.9 Å². The van der Waals surface area contributed by atoms with Crippen molar-refractivity contribution in [3.63, 3.8) is 0 Å². The predicted molar refractivity (Wildman–Crippen MR) is 94.3 cm³/mol. The van der Waals surface area contributed by atoms with E-state index in [0.717, 1.165) is 24.2 Å². The third kappa shape index (κ3) is 2.64. The summed E-state index contributed by atoms with van der Waals surface area (Å²) >= 11 is 0. The molecular weight excluding hydrogens is 348 g/mol. The summed E-state index contributed by atoms with van der Waals surface area (Å²) in [4.78, 5) is 19.3. The van der Waals surface area contributed by atoms with Crippen LogP contribution in [-0.4, -0.2) is 38.9 Å². The van der Waals surface area contributed by atoms with Gasteiger partial charge in [-0.05, 0) is 31.0 Å². The van der Waals surface area contributed by atoms with Gasteiger partial charge in [-0.25, -0.2) is 4.98 Å². The first-order chi connectivity index (χ1) is 13.2. The van der Waals surface area contributed by atoms with E-state index in [0.29, 0.717) is 29.5 Å². The van der Waals surface area contributed by atoms with E-state index < -0.39 is 0 Å². The monoisotopic (exact) mass is 366 g/mol. The number of aromatic nitrogens is 3. The normalized spacial score (nSPS) is 18.3. The average Bonchev–Trinajstić information content (AvgIpc) is 3.45. The first kappa shape index (κ1) is 15.9. The van der Waals surface area contributed by atoms with Gasteiger partial charge in [0.2, 0.25) is 6.79 Å². The first-order valence-corrected chi connectivity index (χ1v) is 8.85. The van der Waals surface area contributed by atoms with E-state index in [1.54, 1.807) is 12.3 Å². The number of imidazole rings is 1. The highest BCUT2D eigenvalue weighted by molar-refractivity contribution is 5.93. The van der Waals surface area contributed by atoms with Gasteiger partial charge in [0.05, 0.1) is 6.04 Å². The zero-order chi connectivity index (χ0) is 18.4. The molecule has 5 rings (SSSR count). The second-order valence-electron chi connectivity index (χ2n) is 6.70. The zero-order valence-corrected chi connectivity index (χ0v) is 14.8. The molecule has 138 valence electrons. The number of benzene rings is 1. The van der Waals surface area contributed by atoms with Crippen molar-refractivity contribution in [1.82, 2.24) is 19.6 Å². The van der Waals surface area contributed by atoms with Crippen molar-refractivity contribution >= 4 is 5.91 Å². The minimum atomic E-state index is -0.142. The molecule has 1 atom stereocenters. The minimum absolute atomic E-state index is 0.0387. The summed E-state index contributed by atoms with van der Waals surface area (Å²) in [6.45, 7) is 0.894. The van der Waals surface area contributed by atoms with Gasteiger partial charge in [0.1, 0.15) is 5.82 Å². The summed E-state index contributed by atoms with van der Waals surface area (Å²) in [5, 5.41) is 4.00. The molecule has 1 aromatic carbocycles. The molecule has 2 aromatic heterocycles. The molecule has 3 aromatic rings. The van der Waals surface area contributed by atoms with Crippen LogP contribution in [0, 0.1) is 0 Å². The third-order valence-electron chi connectivity index (χ3n) is 5.06. The van der Waals surface area contributed by atoms with Gasteiger partial charge < -0.3 is 23.5 Å². The molecular formula is C19H18N4O4. The lowest BCUT2D eigenvalue weighted by Gasteiger charge is -2.23. The lowest BCUT2D eigenvalue weighted by molar-refractivity contribution is 0.0717. The molecule has 2 aliphatic heterocycles. The molecule has 1 unspecified atom stereocenters. The Labute approximate surface area is 155 Å². The van der Waals surface area contributed by atoms with Crippen LogP contribution in [-0.2, 0) is 7.05 Å². The predicted octanol–water partition coefficient (Wildman–Crippen LogP) is 2.78. The van der Waals surface area contributed by atoms with Crippen molar-refractivity contribution in [3.8, 4) is 22.8 Å². The molecule has 0 saturated carbocycles. The average molecular weight is 366 g/mol. The Bertz CT molecular complexity index is 1010. The lowest BCUT2D eigenvalue weighted by Crippen LogP contribution is -2.32. The maximum Gasteiger partial charge on any atom is 0.276 e. The van der Waals surface area contributed by atoms with E-state index in [-0.39, 0.29) is 18.7 Å². The smallest absolute Gasteiger partial charge is 0.276 e. The quantitative estimate of drug-likeness (QED) is 0.709. The fourth-order valence-electron chi connectivity index (χ4n) is 3.69. The Morgan fingerprint density at radius 3 is 2.96 bits per heavy atom. The molecule has 8 nitrogen and oxygen atoms in total. The number of carbonyl (C=O) groups excluding carboxylic acids is 1. The SMILES string of the molecule is Cn1ccnc1C1CCCN1C(=O)c1cc(-c2ccc3c(c2)OCO3)on1. The van der Waals surface area contributed by atoms with Crippen LogP contribution in [0.1, 0.15) is 35.2 Å². The van der Waals surface area contributed by atoms with Gasteiger partial charge in [0, 0.05) is 37.6 Å². The van der Waals surface area contributed by atoms with Crippen LogP contribution in [0.25, 0.3) is 11.3 Å². The highest BCUT2D eigenvalue weighted by Gasteiger charge is 2.34. The van der Waals surface area contributed by atoms with Crippen LogP contribution < -0.4 is 9.47 Å². The topological polar surface area (TPSA) is 82.6 Å². The van der Waals surface area contributed by atoms with Gasteiger partial charge in [-0.15, -0.1) is 0 Å². The van der Waals surface area contributed by atoms with Crippen LogP contribution in [0.2, 0.25) is 0 Å². The molecule has 0 bridgehead atoms. The summed E-state index contributed by atoms with van der Waals surface area (Å²) in [7, 11) is 1.94. The maximum absolute atomic E-state index is 13.0. The summed E-state index contributed by atoms with van der Waals surface area (Å²) in [6.07, 6.45) is 5.48. The van der Waals surface area contributed by atoms with E-state index in [4.69, 9.17) is 14.0 Å². The van der Waals surface area contributed by atoms with Crippen LogP contribution in [0.4, 0.5) is 0 Å². The summed E-state index contributed by atoms with van der Waals surface area (Å²) in [5.41, 5.74) is 1.08. The van der Waals surface area contributed by atoms with E-state index in [9.17, 15) is 4.79 Å². The maximum atomic E-state index is 13.0. The number of fused-ring (bicyclic) bond motifs is 1. The Morgan fingerprint density at radius 2 is 2.11 bits per heavy atom. The number of aryl methyl sites for hydroxylation is 1. The van der Waals surface area contributed by atoms with Crippen LogP contribution in [0.15, 0.2) is 41.2 Å². The van der Waals surface area contributed by atoms with Gasteiger partial charge >= 0.3 is 0 Å². The second-order valence-corrected chi connectivity index (χ2v) is 6.70. The first-order valence-electron chi connectivity index (χ1n) is 8.85. The minimum Gasteiger partial charge on any atom is -0.454 e. The number of nitrogens with zero attached hydrogens (tertiary/aromatic N) is 4. The summed E-state index contributed by atoms with van der Waals surface area (Å²) < 4.78 is 18.1. The fraction of sp³-hybridized carbons (Fsp3) is 0.316. The number of hydrogen-bond donors (Lipinski definition) is 0. The molecule has 0 spiro atoms. The number of ether oxygens (including phenoxy) is 2. The molecule has 0 radical (unpaired) electrons. The zero-order valence-electron chi connectivity index (χ0n) is 14.8. The standard InChI is InChI=1S/C19H18N4O4/c1-22-8-6-20-18(22)14-3-2-7-23(14)19(24)13-10-16(27-21-13)12-4-5-15-17(9-12)26-11-25-15/h4-6,8-10,14H,2-3,7,11H2,1H3. The van der Waals surface area contributed by atoms with Crippen LogP contribution in [0.5, 0.6) is 11.5 Å². The Balaban J connectivity index is 1.41. The van der Waals surface area contributed by atoms with Crippen molar-refractivity contribution in [1.29, 1.82) is 0 Å². The van der Waals surface area contributed by atoms with Gasteiger partial charge in [-0.2, -0.15) is 0 Å². The van der Waals surface area contributed by atoms with Crippen molar-refractivity contribution in [2.45, 2.75) is 18.9 Å². The van der Waals surface area contributed by atoms with Crippen molar-refractivity contribution in [3.05, 3.63) is 48.2 Å². The van der Waals surface area contributed by atoms with Gasteiger partial charge in [0.15, 0.2) is 23.0 Å². The molecule has 1 saturated heterocycles. The second kappa shape index (κ2) is 6.15. The Kier molecular flexibility index (Phi) is 3.63. The van der Waals surface area contributed by atoms with Gasteiger partial charge in [-0.1, -0.05) is 5.16 Å². The third-order valence-corrected chi connectivity index (χ3v) is 5.06. The molecule has 8 heteroatoms. The van der Waals surface area contributed by atoms with E-state index in [2.05, 4.69) is 10.1 Å². The van der Waals surface area contributed by atoms with Crippen molar-refractivity contribution in [2.24, 2.45) is 7.05 Å². The molecule has 2 aliphatic rings. The fourth-order valence-corrected chi connectivity index (χ4v) is 3.69. The lowest BCUT2D eigenvalue weighted by atomic mass is 10.1. The van der Waals surface area contributed by atoms with Crippen molar-refractivity contribution in [2.75, 3.05) is 13.3 Å². The highest BCUT2D eigenvalue weighted by Crippen LogP contribution is 2.37. The molecule has 1 amide bonds. The number of likely N-dealkylation sites (tertiary alicyclic amines) is 1. The number of amides is 1. The number of carbonyl (C=O) groups is 1. The van der Waals surface area contributed by atoms with Gasteiger partial charge in [-0.3, -0.25) is 4.79 Å². The number of hydrogen-bond acceptors (Lipinski definition) is 6. The molecule has 1 fully saturated rings. The summed E-state index contributed by atoms with van der Waals surface area (Å²) in [5.74, 6) is 2.62. The van der Waals surface area contributed by atoms with Crippen LogP contribution >= 0.6 is 0 Å². The highest BCUT2D eigenvalue weighted by atomic mass is 16.7. The molecule has 27 heavy (non-hydrogen) atoms. The Morgan fingerprint density at radius 1 is 1.22 bits per heavy atom. The number of rotatable bonds is 3. The van der Waals surface area contributed by atoms with Crippen molar-refractivity contribution < 1.29 is 18.8 Å². The van der Waals surface area contributed by atoms with Crippen LogP contribution in [0.3, 0.4) is 0 Å². The largest absolute Gasteiger partial charge is 0.454 e. The summed E-state index contributed by atoms with van der Waals surface area (Å²) in [6, 6.07) is 7.13. The molecule has 0 N–H and O–H groups in total.